The zero-order chi connectivity index (χ0) is 15.2. The number of ether oxygens (including phenoxy) is 2. The number of para-hydroxylation sites is 1. The highest BCUT2D eigenvalue weighted by molar-refractivity contribution is 5.42. The van der Waals surface area contributed by atoms with Crippen LogP contribution in [0.2, 0.25) is 0 Å². The van der Waals surface area contributed by atoms with Crippen LogP contribution >= 0.6 is 0 Å². The monoisotopic (exact) mass is 289 g/mol. The van der Waals surface area contributed by atoms with E-state index in [1.807, 2.05) is 43.2 Å². The summed E-state index contributed by atoms with van der Waals surface area (Å²) < 4.78 is 12.8. The third kappa shape index (κ3) is 3.43. The number of benzene rings is 1. The van der Waals surface area contributed by atoms with Crippen LogP contribution in [0.4, 0.5) is 0 Å². The van der Waals surface area contributed by atoms with Crippen LogP contribution in [0.3, 0.4) is 0 Å². The van der Waals surface area contributed by atoms with Gasteiger partial charge < -0.3 is 14.8 Å². The number of hydrogen-bond donors (Lipinski definition) is 1. The first kappa shape index (κ1) is 15.5. The molecule has 1 aromatic carbocycles. The Morgan fingerprint density at radius 1 is 1.24 bits per heavy atom. The lowest BCUT2D eigenvalue weighted by molar-refractivity contribution is 0.145. The van der Waals surface area contributed by atoms with Crippen LogP contribution in [-0.2, 0) is 11.8 Å². The number of rotatable bonds is 7. The summed E-state index contributed by atoms with van der Waals surface area (Å²) in [6, 6.07) is 8.12. The Labute approximate surface area is 125 Å². The second-order valence-electron chi connectivity index (χ2n) is 4.91. The second-order valence-corrected chi connectivity index (χ2v) is 4.91. The molecule has 0 fully saturated rings. The maximum absolute atomic E-state index is 5.84. The molecule has 0 bridgehead atoms. The summed E-state index contributed by atoms with van der Waals surface area (Å²) in [6.45, 7) is 3.18. The van der Waals surface area contributed by atoms with E-state index in [2.05, 4.69) is 23.4 Å². The molecule has 0 aliphatic heterocycles. The molecule has 0 radical (unpaired) electrons. The van der Waals surface area contributed by atoms with E-state index < -0.39 is 0 Å². The lowest BCUT2D eigenvalue weighted by atomic mass is 9.98. The lowest BCUT2D eigenvalue weighted by Gasteiger charge is -2.20. The summed E-state index contributed by atoms with van der Waals surface area (Å²) in [5, 5.41) is 7.69. The molecule has 5 nitrogen and oxygen atoms in total. The van der Waals surface area contributed by atoms with Crippen molar-refractivity contribution in [1.82, 2.24) is 15.1 Å². The van der Waals surface area contributed by atoms with Crippen LogP contribution in [0.15, 0.2) is 30.5 Å². The highest BCUT2D eigenvalue weighted by Crippen LogP contribution is 2.31. The van der Waals surface area contributed by atoms with Gasteiger partial charge in [-0.1, -0.05) is 18.2 Å². The van der Waals surface area contributed by atoms with E-state index >= 15 is 0 Å². The number of methoxy groups -OCH3 is 1. The van der Waals surface area contributed by atoms with Crippen LogP contribution in [0.5, 0.6) is 5.75 Å². The van der Waals surface area contributed by atoms with E-state index in [0.717, 1.165) is 22.6 Å². The maximum Gasteiger partial charge on any atom is 0.124 e. The van der Waals surface area contributed by atoms with Gasteiger partial charge in [0.2, 0.25) is 0 Å². The lowest BCUT2D eigenvalue weighted by Crippen LogP contribution is -2.19. The summed E-state index contributed by atoms with van der Waals surface area (Å²) in [5.41, 5.74) is 3.40. The van der Waals surface area contributed by atoms with E-state index in [1.54, 1.807) is 7.11 Å². The number of aromatic nitrogens is 2. The van der Waals surface area contributed by atoms with Crippen molar-refractivity contribution < 1.29 is 9.47 Å². The third-order valence-electron chi connectivity index (χ3n) is 3.65. The first-order chi connectivity index (χ1) is 10.2. The first-order valence-corrected chi connectivity index (χ1v) is 7.05. The van der Waals surface area contributed by atoms with Crippen molar-refractivity contribution in [2.45, 2.75) is 13.0 Å². The molecule has 5 heteroatoms. The van der Waals surface area contributed by atoms with Crippen molar-refractivity contribution in [1.29, 1.82) is 0 Å². The van der Waals surface area contributed by atoms with Gasteiger partial charge in [0, 0.05) is 31.0 Å². The topological polar surface area (TPSA) is 48.3 Å². The molecule has 2 rings (SSSR count). The van der Waals surface area contributed by atoms with Crippen molar-refractivity contribution in [3.05, 3.63) is 47.3 Å². The molecule has 1 aromatic heterocycles. The molecule has 0 saturated carbocycles. The van der Waals surface area contributed by atoms with Gasteiger partial charge in [-0.25, -0.2) is 0 Å². The van der Waals surface area contributed by atoms with Crippen LogP contribution < -0.4 is 10.1 Å². The molecule has 1 unspecified atom stereocenters. The molecule has 0 amide bonds. The molecule has 0 aliphatic rings. The van der Waals surface area contributed by atoms with E-state index in [1.165, 1.54) is 0 Å². The highest BCUT2D eigenvalue weighted by Gasteiger charge is 2.20. The fraction of sp³-hybridized carbons (Fsp3) is 0.438. The molecule has 1 atom stereocenters. The predicted octanol–water partition coefficient (Wildman–Crippen LogP) is 2.06. The van der Waals surface area contributed by atoms with Gasteiger partial charge in [-0.2, -0.15) is 5.10 Å². The van der Waals surface area contributed by atoms with Gasteiger partial charge in [0.25, 0.3) is 0 Å². The summed E-state index contributed by atoms with van der Waals surface area (Å²) in [6.07, 6.45) is 1.91. The minimum atomic E-state index is 0.0532. The Morgan fingerprint density at radius 3 is 2.62 bits per heavy atom. The predicted molar refractivity (Wildman–Crippen MR) is 82.7 cm³/mol. The SMILES string of the molecule is CNC(c1ccccc1OCCOC)c1cnn(C)c1C. The van der Waals surface area contributed by atoms with Gasteiger partial charge in [-0.05, 0) is 20.0 Å². The average Bonchev–Trinajstić information content (AvgIpc) is 2.82. The first-order valence-electron chi connectivity index (χ1n) is 7.05. The van der Waals surface area contributed by atoms with Gasteiger partial charge in [-0.3, -0.25) is 4.68 Å². The number of hydrogen-bond acceptors (Lipinski definition) is 4. The van der Waals surface area contributed by atoms with E-state index in [-0.39, 0.29) is 6.04 Å². The molecule has 1 heterocycles. The molecule has 21 heavy (non-hydrogen) atoms. The third-order valence-corrected chi connectivity index (χ3v) is 3.65. The van der Waals surface area contributed by atoms with Crippen molar-refractivity contribution >= 4 is 0 Å². The molecular formula is C16H23N3O2. The molecule has 2 aromatic rings. The Hall–Kier alpha value is -1.85. The average molecular weight is 289 g/mol. The van der Waals surface area contributed by atoms with Crippen molar-refractivity contribution in [2.75, 3.05) is 27.4 Å². The van der Waals surface area contributed by atoms with Crippen LogP contribution in [0.1, 0.15) is 22.9 Å². The minimum Gasteiger partial charge on any atom is -0.491 e. The van der Waals surface area contributed by atoms with Crippen LogP contribution in [0, 0.1) is 6.92 Å². The van der Waals surface area contributed by atoms with Crippen molar-refractivity contribution in [3.8, 4) is 5.75 Å². The summed E-state index contributed by atoms with van der Waals surface area (Å²) >= 11 is 0. The van der Waals surface area contributed by atoms with Gasteiger partial charge >= 0.3 is 0 Å². The Kier molecular flexibility index (Phi) is 5.36. The fourth-order valence-corrected chi connectivity index (χ4v) is 2.36. The largest absolute Gasteiger partial charge is 0.491 e. The Morgan fingerprint density at radius 2 is 2.00 bits per heavy atom. The quantitative estimate of drug-likeness (QED) is 0.793. The van der Waals surface area contributed by atoms with Crippen LogP contribution in [-0.4, -0.2) is 37.2 Å². The molecule has 0 spiro atoms. The summed E-state index contributed by atoms with van der Waals surface area (Å²) in [4.78, 5) is 0. The van der Waals surface area contributed by atoms with Crippen molar-refractivity contribution in [3.63, 3.8) is 0 Å². The highest BCUT2D eigenvalue weighted by atomic mass is 16.5. The Balaban J connectivity index is 2.31. The number of nitrogens with one attached hydrogen (secondary N) is 1. The van der Waals surface area contributed by atoms with E-state index in [9.17, 15) is 0 Å². The molecule has 1 N–H and O–H groups in total. The van der Waals surface area contributed by atoms with E-state index in [0.29, 0.717) is 13.2 Å². The smallest absolute Gasteiger partial charge is 0.124 e. The van der Waals surface area contributed by atoms with Gasteiger partial charge in [0.05, 0.1) is 18.8 Å². The molecule has 114 valence electrons. The molecular weight excluding hydrogens is 266 g/mol. The normalized spacial score (nSPS) is 12.4. The van der Waals surface area contributed by atoms with Gasteiger partial charge in [0.15, 0.2) is 0 Å². The summed E-state index contributed by atoms with van der Waals surface area (Å²) in [7, 11) is 5.57. The minimum absolute atomic E-state index is 0.0532. The number of aryl methyl sites for hydroxylation is 1. The van der Waals surface area contributed by atoms with Crippen molar-refractivity contribution in [2.24, 2.45) is 7.05 Å². The fourth-order valence-electron chi connectivity index (χ4n) is 2.36. The zero-order valence-electron chi connectivity index (χ0n) is 13.1. The van der Waals surface area contributed by atoms with Gasteiger partial charge in [0.1, 0.15) is 12.4 Å². The zero-order valence-corrected chi connectivity index (χ0v) is 13.1. The van der Waals surface area contributed by atoms with Gasteiger partial charge in [-0.15, -0.1) is 0 Å². The van der Waals surface area contributed by atoms with E-state index in [4.69, 9.17) is 9.47 Å². The summed E-state index contributed by atoms with van der Waals surface area (Å²) in [5.74, 6) is 0.872. The maximum atomic E-state index is 5.84. The Bertz CT molecular complexity index is 581. The number of nitrogens with zero attached hydrogens (tertiary/aromatic N) is 2. The standard InChI is InChI=1S/C16H23N3O2/c1-12-14(11-18-19(12)3)16(17-2)13-7-5-6-8-15(13)21-10-9-20-4/h5-8,11,16-17H,9-10H2,1-4H3. The van der Waals surface area contributed by atoms with Crippen LogP contribution in [0.25, 0.3) is 0 Å². The molecule has 0 saturated heterocycles. The molecule has 0 aliphatic carbocycles. The second kappa shape index (κ2) is 7.24.